The number of carbonyl (C=O) groups excluding carboxylic acids is 1. The lowest BCUT2D eigenvalue weighted by molar-refractivity contribution is -0.141. The SMILES string of the molecule is Cc1ccc(-c2nc(C(F)(F)F)ccc2CNC(=O)C(C)c2ccc(CNS(C)(=O)=O)c(F)c2)cc1C. The van der Waals surface area contributed by atoms with Crippen LogP contribution in [0.1, 0.15) is 46.4 Å². The largest absolute Gasteiger partial charge is 0.433 e. The van der Waals surface area contributed by atoms with Crippen molar-refractivity contribution >= 4 is 15.9 Å². The summed E-state index contributed by atoms with van der Waals surface area (Å²) < 4.78 is 79.2. The number of aromatic nitrogens is 1. The topological polar surface area (TPSA) is 88.2 Å². The van der Waals surface area contributed by atoms with Crippen molar-refractivity contribution in [3.8, 4) is 11.3 Å². The third kappa shape index (κ3) is 7.36. The van der Waals surface area contributed by atoms with Gasteiger partial charge in [-0.3, -0.25) is 4.79 Å². The molecule has 1 atom stereocenters. The molecule has 0 fully saturated rings. The lowest BCUT2D eigenvalue weighted by Gasteiger charge is -2.17. The summed E-state index contributed by atoms with van der Waals surface area (Å²) in [5.41, 5.74) is 2.30. The molecule has 1 heterocycles. The van der Waals surface area contributed by atoms with Crippen LogP contribution in [0.15, 0.2) is 48.5 Å². The number of amides is 1. The molecule has 1 aromatic heterocycles. The molecule has 198 valence electrons. The number of nitrogens with one attached hydrogen (secondary N) is 2. The first kappa shape index (κ1) is 28.3. The third-order valence-corrected chi connectivity index (χ3v) is 6.67. The van der Waals surface area contributed by atoms with Crippen molar-refractivity contribution in [3.63, 3.8) is 0 Å². The number of alkyl halides is 3. The van der Waals surface area contributed by atoms with Crippen LogP contribution in [0.4, 0.5) is 17.6 Å². The fourth-order valence-electron chi connectivity index (χ4n) is 3.60. The Balaban J connectivity index is 1.81. The van der Waals surface area contributed by atoms with Crippen LogP contribution in [-0.2, 0) is 34.1 Å². The van der Waals surface area contributed by atoms with Crippen molar-refractivity contribution in [2.24, 2.45) is 0 Å². The molecule has 0 saturated heterocycles. The minimum atomic E-state index is -4.63. The number of rotatable bonds is 8. The molecule has 0 aliphatic rings. The number of hydrogen-bond acceptors (Lipinski definition) is 4. The standard InChI is InChI=1S/C26H27F4N3O3S/c1-15-5-6-19(11-16(15)2)24-21(9-10-23(33-24)26(28,29)30)13-31-25(34)17(3)18-7-8-20(22(27)12-18)14-32-37(4,35)36/h5-12,17,32H,13-14H2,1-4H3,(H,31,34). The number of carbonyl (C=O) groups is 1. The van der Waals surface area contributed by atoms with Gasteiger partial charge in [-0.25, -0.2) is 22.5 Å². The molecule has 37 heavy (non-hydrogen) atoms. The van der Waals surface area contributed by atoms with Gasteiger partial charge in [0.05, 0.1) is 17.9 Å². The molecule has 0 radical (unpaired) electrons. The predicted molar refractivity (Wildman–Crippen MR) is 132 cm³/mol. The maximum Gasteiger partial charge on any atom is 0.433 e. The summed E-state index contributed by atoms with van der Waals surface area (Å²) in [7, 11) is -3.50. The summed E-state index contributed by atoms with van der Waals surface area (Å²) in [6.45, 7) is 4.98. The van der Waals surface area contributed by atoms with E-state index >= 15 is 0 Å². The van der Waals surface area contributed by atoms with Crippen LogP contribution in [0, 0.1) is 19.7 Å². The van der Waals surface area contributed by atoms with Gasteiger partial charge in [-0.1, -0.05) is 30.3 Å². The van der Waals surface area contributed by atoms with E-state index in [4.69, 9.17) is 0 Å². The summed E-state index contributed by atoms with van der Waals surface area (Å²) in [6, 6.07) is 11.4. The van der Waals surface area contributed by atoms with Crippen molar-refractivity contribution in [2.75, 3.05) is 6.26 Å². The highest BCUT2D eigenvalue weighted by molar-refractivity contribution is 7.88. The Morgan fingerprint density at radius 1 is 0.973 bits per heavy atom. The van der Waals surface area contributed by atoms with Crippen molar-refractivity contribution in [1.29, 1.82) is 0 Å². The molecular weight excluding hydrogens is 510 g/mol. The van der Waals surface area contributed by atoms with Gasteiger partial charge < -0.3 is 5.32 Å². The van der Waals surface area contributed by atoms with Gasteiger partial charge in [0.25, 0.3) is 0 Å². The fourth-order valence-corrected chi connectivity index (χ4v) is 4.02. The molecular formula is C26H27F4N3O3S. The second-order valence-corrected chi connectivity index (χ2v) is 10.7. The molecule has 0 bridgehead atoms. The van der Waals surface area contributed by atoms with Gasteiger partial charge in [0, 0.05) is 24.2 Å². The minimum absolute atomic E-state index is 0.0879. The fraction of sp³-hybridized carbons (Fsp3) is 0.308. The molecule has 0 aliphatic heterocycles. The monoisotopic (exact) mass is 537 g/mol. The highest BCUT2D eigenvalue weighted by Crippen LogP contribution is 2.32. The molecule has 6 nitrogen and oxygen atoms in total. The normalized spacial score (nSPS) is 12.9. The summed E-state index contributed by atoms with van der Waals surface area (Å²) in [6.07, 6.45) is -3.67. The van der Waals surface area contributed by atoms with Crippen LogP contribution in [0.2, 0.25) is 0 Å². The smallest absolute Gasteiger partial charge is 0.351 e. The van der Waals surface area contributed by atoms with Crippen LogP contribution in [-0.4, -0.2) is 25.6 Å². The molecule has 11 heteroatoms. The lowest BCUT2D eigenvalue weighted by Crippen LogP contribution is -2.28. The molecule has 0 spiro atoms. The zero-order valence-corrected chi connectivity index (χ0v) is 21.5. The zero-order valence-electron chi connectivity index (χ0n) is 20.7. The van der Waals surface area contributed by atoms with Gasteiger partial charge in [-0.05, 0) is 61.2 Å². The minimum Gasteiger partial charge on any atom is -0.351 e. The Kier molecular flexibility index (Phi) is 8.38. The van der Waals surface area contributed by atoms with E-state index in [0.29, 0.717) is 16.7 Å². The average Bonchev–Trinajstić information content (AvgIpc) is 2.81. The quantitative estimate of drug-likeness (QED) is 0.396. The maximum atomic E-state index is 14.5. The van der Waals surface area contributed by atoms with Crippen molar-refractivity contribution in [2.45, 2.75) is 46.0 Å². The van der Waals surface area contributed by atoms with Gasteiger partial charge in [0.2, 0.25) is 15.9 Å². The molecule has 2 N–H and O–H groups in total. The molecule has 1 amide bonds. The Bertz CT molecular complexity index is 1420. The Hall–Kier alpha value is -3.31. The van der Waals surface area contributed by atoms with E-state index in [2.05, 4.69) is 15.0 Å². The van der Waals surface area contributed by atoms with E-state index in [9.17, 15) is 30.8 Å². The highest BCUT2D eigenvalue weighted by Gasteiger charge is 2.33. The summed E-state index contributed by atoms with van der Waals surface area (Å²) >= 11 is 0. The van der Waals surface area contributed by atoms with E-state index < -0.39 is 39.5 Å². The number of hydrogen-bond donors (Lipinski definition) is 2. The first-order valence-electron chi connectivity index (χ1n) is 11.3. The summed E-state index contributed by atoms with van der Waals surface area (Å²) in [5, 5.41) is 2.70. The first-order chi connectivity index (χ1) is 17.2. The number of pyridine rings is 1. The van der Waals surface area contributed by atoms with E-state index in [1.54, 1.807) is 25.1 Å². The number of aryl methyl sites for hydroxylation is 2. The maximum absolute atomic E-state index is 14.5. The van der Waals surface area contributed by atoms with Gasteiger partial charge in [-0.15, -0.1) is 0 Å². The molecule has 2 aromatic carbocycles. The highest BCUT2D eigenvalue weighted by atomic mass is 32.2. The van der Waals surface area contributed by atoms with Crippen LogP contribution in [0.25, 0.3) is 11.3 Å². The molecule has 0 saturated carbocycles. The van der Waals surface area contributed by atoms with Gasteiger partial charge in [0.1, 0.15) is 11.5 Å². The average molecular weight is 538 g/mol. The molecule has 3 aromatic rings. The Morgan fingerprint density at radius 2 is 1.65 bits per heavy atom. The zero-order chi connectivity index (χ0) is 27.5. The lowest BCUT2D eigenvalue weighted by atomic mass is 9.98. The predicted octanol–water partition coefficient (Wildman–Crippen LogP) is 4.99. The molecule has 0 aliphatic carbocycles. The third-order valence-electron chi connectivity index (χ3n) is 6.00. The van der Waals surface area contributed by atoms with Crippen molar-refractivity contribution in [3.05, 3.63) is 87.9 Å². The Morgan fingerprint density at radius 3 is 2.24 bits per heavy atom. The number of sulfonamides is 1. The van der Waals surface area contributed by atoms with E-state index in [1.165, 1.54) is 18.2 Å². The van der Waals surface area contributed by atoms with E-state index in [0.717, 1.165) is 29.5 Å². The van der Waals surface area contributed by atoms with Crippen molar-refractivity contribution in [1.82, 2.24) is 15.0 Å². The number of benzene rings is 2. The summed E-state index contributed by atoms with van der Waals surface area (Å²) in [4.78, 5) is 16.7. The van der Waals surface area contributed by atoms with Crippen LogP contribution in [0.3, 0.4) is 0 Å². The summed E-state index contributed by atoms with van der Waals surface area (Å²) in [5.74, 6) is -1.91. The van der Waals surface area contributed by atoms with Crippen molar-refractivity contribution < 1.29 is 30.8 Å². The second-order valence-electron chi connectivity index (χ2n) is 8.88. The van der Waals surface area contributed by atoms with Gasteiger partial charge in [-0.2, -0.15) is 13.2 Å². The molecule has 3 rings (SSSR count). The second kappa shape index (κ2) is 11.0. The van der Waals surface area contributed by atoms with Crippen LogP contribution < -0.4 is 10.0 Å². The number of halogens is 4. The van der Waals surface area contributed by atoms with Crippen LogP contribution >= 0.6 is 0 Å². The number of nitrogens with zero attached hydrogens (tertiary/aromatic N) is 1. The van der Waals surface area contributed by atoms with E-state index in [-0.39, 0.29) is 24.3 Å². The first-order valence-corrected chi connectivity index (χ1v) is 13.2. The Labute approximate surface area is 213 Å². The van der Waals surface area contributed by atoms with Gasteiger partial charge in [0.15, 0.2) is 0 Å². The molecule has 1 unspecified atom stereocenters. The van der Waals surface area contributed by atoms with E-state index in [1.807, 2.05) is 13.8 Å². The van der Waals surface area contributed by atoms with Crippen LogP contribution in [0.5, 0.6) is 0 Å². The van der Waals surface area contributed by atoms with Gasteiger partial charge >= 0.3 is 6.18 Å².